The van der Waals surface area contributed by atoms with Crippen molar-refractivity contribution < 1.29 is 26.4 Å². The molecule has 0 aliphatic carbocycles. The van der Waals surface area contributed by atoms with Crippen LogP contribution in [0.25, 0.3) is 0 Å². The minimum atomic E-state index is -3.75. The van der Waals surface area contributed by atoms with Crippen LogP contribution in [0.1, 0.15) is 16.8 Å². The number of benzene rings is 2. The van der Waals surface area contributed by atoms with Crippen molar-refractivity contribution in [3.8, 4) is 11.8 Å². The van der Waals surface area contributed by atoms with Gasteiger partial charge in [-0.3, -0.25) is 4.79 Å². The normalized spacial score (nSPS) is 11.5. The van der Waals surface area contributed by atoms with Gasteiger partial charge in [0.2, 0.25) is 10.0 Å². The molecule has 160 valence electrons. The van der Waals surface area contributed by atoms with Crippen LogP contribution in [0.3, 0.4) is 0 Å². The Kier molecular flexibility index (Phi) is 7.93. The molecule has 0 saturated heterocycles. The number of amides is 1. The van der Waals surface area contributed by atoms with Crippen molar-refractivity contribution in [2.45, 2.75) is 11.3 Å². The van der Waals surface area contributed by atoms with Crippen molar-refractivity contribution in [1.29, 1.82) is 5.26 Å². The number of anilines is 1. The number of carbonyl (C=O) groups excluding carboxylic acids is 1. The first kappa shape index (κ1) is 23.3. The van der Waals surface area contributed by atoms with Crippen LogP contribution in [0.4, 0.5) is 5.69 Å². The summed E-state index contributed by atoms with van der Waals surface area (Å²) in [6.45, 7) is -0.00175. The van der Waals surface area contributed by atoms with Gasteiger partial charge in [0.25, 0.3) is 5.91 Å². The van der Waals surface area contributed by atoms with Gasteiger partial charge in [-0.1, -0.05) is 6.07 Å². The molecule has 2 rings (SSSR count). The molecule has 2 aromatic carbocycles. The lowest BCUT2D eigenvalue weighted by atomic mass is 10.2. The number of rotatable bonds is 10. The Morgan fingerprint density at radius 1 is 1.10 bits per heavy atom. The van der Waals surface area contributed by atoms with Crippen LogP contribution in [0.5, 0.6) is 5.75 Å². The predicted molar refractivity (Wildman–Crippen MR) is 111 cm³/mol. The highest BCUT2D eigenvalue weighted by Crippen LogP contribution is 2.19. The SMILES string of the molecule is CS(=O)(=O)CCOc1cccc(NC(=O)c2ccc(S(=O)(=O)NCCC#N)cc2)c1. The summed E-state index contributed by atoms with van der Waals surface area (Å²) in [7, 11) is -6.89. The molecule has 0 heterocycles. The molecule has 0 aromatic heterocycles. The van der Waals surface area contributed by atoms with Gasteiger partial charge in [0, 0.05) is 36.5 Å². The summed E-state index contributed by atoms with van der Waals surface area (Å²) >= 11 is 0. The monoisotopic (exact) mass is 451 g/mol. The number of nitriles is 1. The minimum absolute atomic E-state index is 0.00364. The van der Waals surface area contributed by atoms with Crippen LogP contribution in [-0.4, -0.2) is 47.9 Å². The molecule has 2 N–H and O–H groups in total. The first-order valence-corrected chi connectivity index (χ1v) is 12.3. The smallest absolute Gasteiger partial charge is 0.255 e. The Morgan fingerprint density at radius 2 is 1.80 bits per heavy atom. The van der Waals surface area contributed by atoms with Crippen LogP contribution < -0.4 is 14.8 Å². The Hall–Kier alpha value is -2.94. The van der Waals surface area contributed by atoms with E-state index in [4.69, 9.17) is 10.00 Å². The van der Waals surface area contributed by atoms with Gasteiger partial charge in [-0.15, -0.1) is 0 Å². The van der Waals surface area contributed by atoms with E-state index >= 15 is 0 Å². The number of hydrogen-bond donors (Lipinski definition) is 2. The molecule has 1 amide bonds. The van der Waals surface area contributed by atoms with E-state index in [1.807, 2.05) is 6.07 Å². The number of sulfonamides is 1. The average molecular weight is 452 g/mol. The van der Waals surface area contributed by atoms with Crippen LogP contribution in [0.15, 0.2) is 53.4 Å². The zero-order valence-corrected chi connectivity index (χ0v) is 17.8. The van der Waals surface area contributed by atoms with Gasteiger partial charge in [-0.2, -0.15) is 5.26 Å². The van der Waals surface area contributed by atoms with Crippen LogP contribution >= 0.6 is 0 Å². The molecule has 0 bridgehead atoms. The topological polar surface area (TPSA) is 142 Å². The van der Waals surface area contributed by atoms with E-state index in [-0.39, 0.29) is 35.8 Å². The third-order valence-corrected chi connectivity index (χ3v) is 6.16. The molecule has 0 aliphatic heterocycles. The molecule has 0 unspecified atom stereocenters. The van der Waals surface area contributed by atoms with Crippen LogP contribution in [0.2, 0.25) is 0 Å². The van der Waals surface area contributed by atoms with Gasteiger partial charge >= 0.3 is 0 Å². The fraction of sp³-hybridized carbons (Fsp3) is 0.263. The molecule has 9 nitrogen and oxygen atoms in total. The second-order valence-electron chi connectivity index (χ2n) is 6.29. The van der Waals surface area contributed by atoms with E-state index in [1.54, 1.807) is 24.3 Å². The standard InChI is InChI=1S/C19H21N3O6S2/c1-29(24,25)13-12-28-17-5-2-4-16(14-17)22-19(23)15-6-8-18(9-7-15)30(26,27)21-11-3-10-20/h2,4-9,14,21H,3,11-13H2,1H3,(H,22,23). The summed E-state index contributed by atoms with van der Waals surface area (Å²) in [5.41, 5.74) is 0.682. The third kappa shape index (κ3) is 7.47. The van der Waals surface area contributed by atoms with Gasteiger partial charge in [-0.05, 0) is 36.4 Å². The maximum Gasteiger partial charge on any atom is 0.255 e. The molecule has 30 heavy (non-hydrogen) atoms. The van der Waals surface area contributed by atoms with Crippen LogP contribution in [0, 0.1) is 11.3 Å². The van der Waals surface area contributed by atoms with Gasteiger partial charge in [0.1, 0.15) is 12.4 Å². The summed E-state index contributed by atoms with van der Waals surface area (Å²) in [5.74, 6) is -0.171. The number of hydrogen-bond acceptors (Lipinski definition) is 7. The lowest BCUT2D eigenvalue weighted by molar-refractivity contribution is 0.102. The van der Waals surface area contributed by atoms with Crippen molar-refractivity contribution in [3.63, 3.8) is 0 Å². The van der Waals surface area contributed by atoms with E-state index in [0.717, 1.165) is 6.26 Å². The second-order valence-corrected chi connectivity index (χ2v) is 10.3. The average Bonchev–Trinajstić information content (AvgIpc) is 2.67. The van der Waals surface area contributed by atoms with E-state index in [0.29, 0.717) is 11.4 Å². The Balaban J connectivity index is 2.01. The highest BCUT2D eigenvalue weighted by molar-refractivity contribution is 7.90. The molecule has 0 radical (unpaired) electrons. The molecular formula is C19H21N3O6S2. The van der Waals surface area contributed by atoms with Crippen molar-refractivity contribution in [2.24, 2.45) is 0 Å². The number of carbonyl (C=O) groups is 1. The van der Waals surface area contributed by atoms with Crippen molar-refractivity contribution in [2.75, 3.05) is 30.5 Å². The zero-order chi connectivity index (χ0) is 22.2. The molecule has 0 spiro atoms. The van der Waals surface area contributed by atoms with E-state index in [2.05, 4.69) is 10.0 Å². The Labute approximate surface area is 175 Å². The van der Waals surface area contributed by atoms with Crippen LogP contribution in [-0.2, 0) is 19.9 Å². The lowest BCUT2D eigenvalue weighted by Crippen LogP contribution is -2.24. The maximum atomic E-state index is 12.4. The molecule has 2 aromatic rings. The van der Waals surface area contributed by atoms with Gasteiger partial charge in [0.05, 0.1) is 16.7 Å². The third-order valence-electron chi connectivity index (χ3n) is 3.77. The van der Waals surface area contributed by atoms with Gasteiger partial charge in [-0.25, -0.2) is 21.6 Å². The van der Waals surface area contributed by atoms with E-state index < -0.39 is 25.8 Å². The first-order valence-electron chi connectivity index (χ1n) is 8.79. The molecule has 0 fully saturated rings. The molecule has 0 aliphatic rings. The van der Waals surface area contributed by atoms with E-state index in [1.165, 1.54) is 24.3 Å². The number of nitrogens with zero attached hydrogens (tertiary/aromatic N) is 1. The fourth-order valence-electron chi connectivity index (χ4n) is 2.29. The number of nitrogens with one attached hydrogen (secondary N) is 2. The maximum absolute atomic E-state index is 12.4. The molecule has 0 saturated carbocycles. The molecular weight excluding hydrogens is 430 g/mol. The van der Waals surface area contributed by atoms with Crippen molar-refractivity contribution >= 4 is 31.5 Å². The highest BCUT2D eigenvalue weighted by Gasteiger charge is 2.14. The molecule has 11 heteroatoms. The fourth-order valence-corrected chi connectivity index (χ4v) is 3.71. The quantitative estimate of drug-likeness (QED) is 0.522. The zero-order valence-electron chi connectivity index (χ0n) is 16.2. The highest BCUT2D eigenvalue weighted by atomic mass is 32.2. The number of ether oxygens (including phenoxy) is 1. The van der Waals surface area contributed by atoms with E-state index in [9.17, 15) is 21.6 Å². The lowest BCUT2D eigenvalue weighted by Gasteiger charge is -2.10. The largest absolute Gasteiger partial charge is 0.492 e. The predicted octanol–water partition coefficient (Wildman–Crippen LogP) is 1.55. The molecule has 0 atom stereocenters. The van der Waals surface area contributed by atoms with Crippen molar-refractivity contribution in [3.05, 3.63) is 54.1 Å². The summed E-state index contributed by atoms with van der Waals surface area (Å²) in [5, 5.41) is 11.1. The van der Waals surface area contributed by atoms with Crippen molar-refractivity contribution in [1.82, 2.24) is 4.72 Å². The summed E-state index contributed by atoms with van der Waals surface area (Å²) in [6.07, 6.45) is 1.17. The van der Waals surface area contributed by atoms with Gasteiger partial charge in [0.15, 0.2) is 9.84 Å². The first-order chi connectivity index (χ1) is 14.1. The Bertz CT molecular complexity index is 1140. The number of sulfone groups is 1. The Morgan fingerprint density at radius 3 is 2.43 bits per heavy atom. The van der Waals surface area contributed by atoms with Gasteiger partial charge < -0.3 is 10.1 Å². The summed E-state index contributed by atoms with van der Waals surface area (Å²) < 4.78 is 54.2. The minimum Gasteiger partial charge on any atom is -0.492 e. The summed E-state index contributed by atoms with van der Waals surface area (Å²) in [6, 6.07) is 13.7. The second kappa shape index (κ2) is 10.2. The summed E-state index contributed by atoms with van der Waals surface area (Å²) in [4.78, 5) is 12.4.